The van der Waals surface area contributed by atoms with E-state index in [1.807, 2.05) is 30.5 Å². The maximum absolute atomic E-state index is 12.7. The third-order valence-corrected chi connectivity index (χ3v) is 4.48. The van der Waals surface area contributed by atoms with Gasteiger partial charge >= 0.3 is 0 Å². The molecule has 3 aromatic rings. The number of carbonyl (C=O) groups excluding carboxylic acids is 1. The summed E-state index contributed by atoms with van der Waals surface area (Å²) in [4.78, 5) is 17.2. The first kappa shape index (κ1) is 20.1. The topological polar surface area (TPSA) is 70.8 Å². The van der Waals surface area contributed by atoms with E-state index < -0.39 is 0 Å². The molecule has 0 fully saturated rings. The standard InChI is InChI=1S/C22H23N2O5/c1-26-16-6-7-17(21(12-16)28-3)19(25)13-24-10-9-18(23-14-24)15-5-8-20(27-2)22(11-15)29-4/h5-12,14H,13H2,1-4H3/q+1. The number of hydrogen-bond acceptors (Lipinski definition) is 6. The predicted octanol–water partition coefficient (Wildman–Crippen LogP) is 2.95. The lowest BCUT2D eigenvalue weighted by Crippen LogP contribution is -2.37. The van der Waals surface area contributed by atoms with E-state index in [1.165, 1.54) is 7.11 Å². The van der Waals surface area contributed by atoms with Gasteiger partial charge in [-0.05, 0) is 35.3 Å². The minimum atomic E-state index is -0.0878. The zero-order valence-corrected chi connectivity index (χ0v) is 16.8. The van der Waals surface area contributed by atoms with Crippen molar-refractivity contribution in [2.24, 2.45) is 0 Å². The van der Waals surface area contributed by atoms with E-state index in [0.717, 1.165) is 11.3 Å². The molecular formula is C22H23N2O5+. The van der Waals surface area contributed by atoms with Crippen LogP contribution < -0.4 is 23.5 Å². The highest BCUT2D eigenvalue weighted by Crippen LogP contribution is 2.31. The average Bonchev–Trinajstić information content (AvgIpc) is 2.78. The van der Waals surface area contributed by atoms with Gasteiger partial charge in [0, 0.05) is 17.7 Å². The van der Waals surface area contributed by atoms with E-state index >= 15 is 0 Å². The van der Waals surface area contributed by atoms with E-state index in [2.05, 4.69) is 4.98 Å². The number of methoxy groups -OCH3 is 4. The first-order chi connectivity index (χ1) is 14.1. The second-order valence-electron chi connectivity index (χ2n) is 6.18. The molecule has 0 bridgehead atoms. The predicted molar refractivity (Wildman–Crippen MR) is 107 cm³/mol. The van der Waals surface area contributed by atoms with Crippen LogP contribution in [0.15, 0.2) is 55.0 Å². The van der Waals surface area contributed by atoms with Crippen molar-refractivity contribution in [1.82, 2.24) is 4.98 Å². The number of hydrogen-bond donors (Lipinski definition) is 0. The Morgan fingerprint density at radius 2 is 1.62 bits per heavy atom. The van der Waals surface area contributed by atoms with Crippen molar-refractivity contribution in [3.63, 3.8) is 0 Å². The maximum Gasteiger partial charge on any atom is 0.287 e. The van der Waals surface area contributed by atoms with Crippen LogP contribution in [0.25, 0.3) is 11.3 Å². The number of ketones is 1. The second-order valence-corrected chi connectivity index (χ2v) is 6.18. The quantitative estimate of drug-likeness (QED) is 0.431. The van der Waals surface area contributed by atoms with E-state index in [-0.39, 0.29) is 12.3 Å². The molecule has 7 heteroatoms. The Morgan fingerprint density at radius 1 is 0.862 bits per heavy atom. The lowest BCUT2D eigenvalue weighted by atomic mass is 10.1. The lowest BCUT2D eigenvalue weighted by molar-refractivity contribution is -0.686. The van der Waals surface area contributed by atoms with Crippen LogP contribution in [0.5, 0.6) is 23.0 Å². The summed E-state index contributed by atoms with van der Waals surface area (Å²) in [6.45, 7) is 0.141. The third-order valence-electron chi connectivity index (χ3n) is 4.48. The van der Waals surface area contributed by atoms with Crippen LogP contribution in [-0.4, -0.2) is 39.2 Å². The van der Waals surface area contributed by atoms with Gasteiger partial charge in [0.05, 0.1) is 40.2 Å². The van der Waals surface area contributed by atoms with Crippen LogP contribution in [0.3, 0.4) is 0 Å². The Hall–Kier alpha value is -3.61. The van der Waals surface area contributed by atoms with Gasteiger partial charge in [-0.3, -0.25) is 4.79 Å². The first-order valence-corrected chi connectivity index (χ1v) is 8.92. The molecule has 0 atom stereocenters. The normalized spacial score (nSPS) is 10.3. The van der Waals surface area contributed by atoms with Gasteiger partial charge in [0.25, 0.3) is 6.33 Å². The fourth-order valence-electron chi connectivity index (χ4n) is 2.92. The SMILES string of the molecule is COc1ccc(C(=O)C[n+]2ccc(-c3ccc(OC)c(OC)c3)nc2)c(OC)c1. The van der Waals surface area contributed by atoms with Crippen LogP contribution in [0.2, 0.25) is 0 Å². The van der Waals surface area contributed by atoms with Crippen LogP contribution in [-0.2, 0) is 6.54 Å². The Balaban J connectivity index is 1.78. The Labute approximate surface area is 169 Å². The smallest absolute Gasteiger partial charge is 0.287 e. The van der Waals surface area contributed by atoms with Gasteiger partial charge in [0.2, 0.25) is 5.78 Å². The molecule has 0 saturated heterocycles. The van der Waals surface area contributed by atoms with Crippen molar-refractivity contribution in [1.29, 1.82) is 0 Å². The molecule has 3 rings (SSSR count). The first-order valence-electron chi connectivity index (χ1n) is 8.92. The summed E-state index contributed by atoms with van der Waals surface area (Å²) < 4.78 is 22.8. The van der Waals surface area contributed by atoms with Crippen LogP contribution in [0.1, 0.15) is 10.4 Å². The van der Waals surface area contributed by atoms with Crippen LogP contribution in [0, 0.1) is 0 Å². The Morgan fingerprint density at radius 3 is 2.24 bits per heavy atom. The van der Waals surface area contributed by atoms with E-state index in [0.29, 0.717) is 28.6 Å². The highest BCUT2D eigenvalue weighted by molar-refractivity contribution is 5.98. The molecule has 0 spiro atoms. The summed E-state index contributed by atoms with van der Waals surface area (Å²) in [7, 11) is 6.28. The summed E-state index contributed by atoms with van der Waals surface area (Å²) in [5.74, 6) is 2.30. The number of rotatable bonds is 8. The zero-order valence-electron chi connectivity index (χ0n) is 16.8. The van der Waals surface area contributed by atoms with Crippen LogP contribution in [0.4, 0.5) is 0 Å². The molecule has 0 amide bonds. The fourth-order valence-corrected chi connectivity index (χ4v) is 2.92. The number of benzene rings is 2. The Kier molecular flexibility index (Phi) is 6.29. The largest absolute Gasteiger partial charge is 0.497 e. The van der Waals surface area contributed by atoms with E-state index in [1.54, 1.807) is 50.4 Å². The highest BCUT2D eigenvalue weighted by Gasteiger charge is 2.17. The molecule has 0 aliphatic rings. The molecule has 2 aromatic carbocycles. The van der Waals surface area contributed by atoms with Crippen molar-refractivity contribution in [2.75, 3.05) is 28.4 Å². The van der Waals surface area contributed by atoms with Gasteiger partial charge in [0.15, 0.2) is 23.7 Å². The number of aromatic nitrogens is 2. The Bertz CT molecular complexity index is 1000. The van der Waals surface area contributed by atoms with Gasteiger partial charge in [-0.25, -0.2) is 4.57 Å². The summed E-state index contributed by atoms with van der Waals surface area (Å²) in [6, 6.07) is 12.6. The minimum Gasteiger partial charge on any atom is -0.497 e. The molecule has 0 N–H and O–H groups in total. The number of nitrogens with zero attached hydrogens (tertiary/aromatic N) is 2. The summed E-state index contributed by atoms with van der Waals surface area (Å²) in [5.41, 5.74) is 2.14. The van der Waals surface area contributed by atoms with Gasteiger partial charge in [-0.15, -0.1) is 0 Å². The molecule has 150 valence electrons. The number of ether oxygens (including phenoxy) is 4. The molecule has 0 unspecified atom stereocenters. The minimum absolute atomic E-state index is 0.0878. The van der Waals surface area contributed by atoms with Crippen molar-refractivity contribution in [3.8, 4) is 34.3 Å². The molecule has 7 nitrogen and oxygen atoms in total. The van der Waals surface area contributed by atoms with E-state index in [4.69, 9.17) is 18.9 Å². The maximum atomic E-state index is 12.7. The number of carbonyl (C=O) groups is 1. The summed E-state index contributed by atoms with van der Waals surface area (Å²) in [5, 5.41) is 0. The molecule has 29 heavy (non-hydrogen) atoms. The monoisotopic (exact) mass is 395 g/mol. The van der Waals surface area contributed by atoms with Crippen molar-refractivity contribution in [2.45, 2.75) is 6.54 Å². The number of Topliss-reactive ketones (excluding diaryl/α,β-unsaturated/α-hetero) is 1. The summed E-state index contributed by atoms with van der Waals surface area (Å²) in [6.07, 6.45) is 3.44. The van der Waals surface area contributed by atoms with Crippen molar-refractivity contribution < 1.29 is 28.3 Å². The summed E-state index contributed by atoms with van der Waals surface area (Å²) >= 11 is 0. The van der Waals surface area contributed by atoms with Gasteiger partial charge in [-0.2, -0.15) is 0 Å². The van der Waals surface area contributed by atoms with E-state index in [9.17, 15) is 4.79 Å². The van der Waals surface area contributed by atoms with Gasteiger partial charge in [-0.1, -0.05) is 0 Å². The van der Waals surface area contributed by atoms with Crippen molar-refractivity contribution in [3.05, 3.63) is 60.6 Å². The molecule has 0 radical (unpaired) electrons. The van der Waals surface area contributed by atoms with Crippen molar-refractivity contribution >= 4 is 5.78 Å². The fraction of sp³-hybridized carbons (Fsp3) is 0.227. The second kappa shape index (κ2) is 9.05. The average molecular weight is 395 g/mol. The highest BCUT2D eigenvalue weighted by atomic mass is 16.5. The molecule has 1 heterocycles. The zero-order chi connectivity index (χ0) is 20.8. The molecular weight excluding hydrogens is 372 g/mol. The molecule has 0 aliphatic heterocycles. The van der Waals surface area contributed by atoms with Gasteiger partial charge in [0.1, 0.15) is 11.5 Å². The molecule has 1 aromatic heterocycles. The molecule has 0 aliphatic carbocycles. The van der Waals surface area contributed by atoms with Gasteiger partial charge < -0.3 is 18.9 Å². The third kappa shape index (κ3) is 4.45. The lowest BCUT2D eigenvalue weighted by Gasteiger charge is -2.09. The molecule has 0 saturated carbocycles. The van der Waals surface area contributed by atoms with Crippen LogP contribution >= 0.6 is 0 Å².